The quantitative estimate of drug-likeness (QED) is 0.492. The summed E-state index contributed by atoms with van der Waals surface area (Å²) in [5.74, 6) is 3.19. The third-order valence-corrected chi connectivity index (χ3v) is 5.42. The minimum atomic E-state index is 0.367. The van der Waals surface area contributed by atoms with Crippen LogP contribution in [-0.4, -0.2) is 29.9 Å². The Morgan fingerprint density at radius 1 is 1.14 bits per heavy atom. The maximum absolute atomic E-state index is 5.87. The van der Waals surface area contributed by atoms with E-state index in [9.17, 15) is 0 Å². The fourth-order valence-corrected chi connectivity index (χ4v) is 3.72. The molecule has 0 aromatic carbocycles. The molecule has 0 bridgehead atoms. The van der Waals surface area contributed by atoms with Gasteiger partial charge in [-0.25, -0.2) is 9.67 Å². The van der Waals surface area contributed by atoms with E-state index in [4.69, 9.17) is 26.2 Å². The molecule has 4 aromatic rings. The molecule has 0 N–H and O–H groups in total. The van der Waals surface area contributed by atoms with Gasteiger partial charge < -0.3 is 4.52 Å². The summed E-state index contributed by atoms with van der Waals surface area (Å²) in [6.45, 7) is 0. The highest BCUT2D eigenvalue weighted by Gasteiger charge is 2.22. The van der Waals surface area contributed by atoms with Gasteiger partial charge in [0.1, 0.15) is 17.1 Å². The van der Waals surface area contributed by atoms with Crippen LogP contribution in [0.1, 0.15) is 36.7 Å². The number of aryl methyl sites for hydroxylation is 2. The van der Waals surface area contributed by atoms with Crippen LogP contribution in [0.3, 0.4) is 0 Å². The fraction of sp³-hybridized carbons (Fsp3) is 0.350. The van der Waals surface area contributed by atoms with Crippen LogP contribution in [0.2, 0.25) is 5.15 Å². The number of pyridine rings is 2. The van der Waals surface area contributed by atoms with E-state index in [0.29, 0.717) is 23.9 Å². The molecule has 4 aromatic heterocycles. The Kier molecular flexibility index (Phi) is 4.52. The summed E-state index contributed by atoms with van der Waals surface area (Å²) < 4.78 is 7.14. The Morgan fingerprint density at radius 2 is 2.07 bits per heavy atom. The Morgan fingerprint density at radius 3 is 2.86 bits per heavy atom. The molecule has 1 aliphatic rings. The Labute approximate surface area is 166 Å². The second-order valence-electron chi connectivity index (χ2n) is 7.17. The van der Waals surface area contributed by atoms with Gasteiger partial charge in [-0.15, -0.1) is 0 Å². The zero-order valence-corrected chi connectivity index (χ0v) is 16.0. The van der Waals surface area contributed by atoms with E-state index in [0.717, 1.165) is 40.6 Å². The highest BCUT2D eigenvalue weighted by molar-refractivity contribution is 6.29. The minimum Gasteiger partial charge on any atom is -0.360 e. The van der Waals surface area contributed by atoms with E-state index in [1.807, 2.05) is 22.9 Å². The minimum absolute atomic E-state index is 0.367. The van der Waals surface area contributed by atoms with E-state index >= 15 is 0 Å². The molecule has 142 valence electrons. The van der Waals surface area contributed by atoms with Gasteiger partial charge in [0.25, 0.3) is 0 Å². The molecule has 0 unspecified atom stereocenters. The van der Waals surface area contributed by atoms with Crippen molar-refractivity contribution in [3.8, 4) is 5.69 Å². The lowest BCUT2D eigenvalue weighted by atomic mass is 9.83. The predicted molar refractivity (Wildman–Crippen MR) is 104 cm³/mol. The molecule has 1 saturated carbocycles. The monoisotopic (exact) mass is 394 g/mol. The number of halogens is 1. The zero-order chi connectivity index (χ0) is 18.9. The van der Waals surface area contributed by atoms with Gasteiger partial charge in [-0.05, 0) is 24.1 Å². The van der Waals surface area contributed by atoms with Crippen LogP contribution in [0.25, 0.3) is 16.7 Å². The highest BCUT2D eigenvalue weighted by Crippen LogP contribution is 2.29. The van der Waals surface area contributed by atoms with Crippen molar-refractivity contribution < 1.29 is 4.52 Å². The average Bonchev–Trinajstić information content (AvgIpc) is 3.28. The normalized spacial score (nSPS) is 14.5. The van der Waals surface area contributed by atoms with Crippen molar-refractivity contribution in [3.05, 3.63) is 59.2 Å². The summed E-state index contributed by atoms with van der Waals surface area (Å²) in [5.41, 5.74) is 2.54. The maximum atomic E-state index is 5.87. The van der Waals surface area contributed by atoms with E-state index < -0.39 is 0 Å². The SMILES string of the molecule is Clc1cc(CCc2nc(CC3CCC3)nn2-c2ccnc3cccnc23)on1. The second-order valence-corrected chi connectivity index (χ2v) is 7.56. The molecule has 1 fully saturated rings. The summed E-state index contributed by atoms with van der Waals surface area (Å²) in [6, 6.07) is 7.51. The van der Waals surface area contributed by atoms with Crippen molar-refractivity contribution in [2.45, 2.75) is 38.5 Å². The average molecular weight is 395 g/mol. The van der Waals surface area contributed by atoms with E-state index in [-0.39, 0.29) is 0 Å². The standard InChI is InChI=1S/C20H19ClN6O/c21-17-12-14(28-26-17)6-7-19-24-18(11-13-3-1-4-13)25-27(19)16-8-10-22-15-5-2-9-23-20(15)16/h2,5,8-10,12-13H,1,3-4,6-7,11H2. The molecule has 0 atom stereocenters. The van der Waals surface area contributed by atoms with Crippen molar-refractivity contribution in [2.75, 3.05) is 0 Å². The second kappa shape index (κ2) is 7.31. The topological polar surface area (TPSA) is 82.5 Å². The van der Waals surface area contributed by atoms with Crippen LogP contribution in [0.5, 0.6) is 0 Å². The predicted octanol–water partition coefficient (Wildman–Crippen LogP) is 3.98. The molecule has 0 saturated heterocycles. The number of nitrogens with zero attached hydrogens (tertiary/aromatic N) is 6. The van der Waals surface area contributed by atoms with Crippen molar-refractivity contribution in [1.82, 2.24) is 29.9 Å². The van der Waals surface area contributed by atoms with Crippen LogP contribution in [-0.2, 0) is 19.3 Å². The van der Waals surface area contributed by atoms with Crippen molar-refractivity contribution >= 4 is 22.6 Å². The van der Waals surface area contributed by atoms with Crippen LogP contribution in [0.15, 0.2) is 41.2 Å². The van der Waals surface area contributed by atoms with Crippen molar-refractivity contribution in [3.63, 3.8) is 0 Å². The fourth-order valence-electron chi connectivity index (χ4n) is 3.57. The molecule has 4 heterocycles. The third kappa shape index (κ3) is 3.38. The van der Waals surface area contributed by atoms with Crippen LogP contribution >= 0.6 is 11.6 Å². The first-order valence-corrected chi connectivity index (χ1v) is 9.90. The van der Waals surface area contributed by atoms with Gasteiger partial charge in [-0.3, -0.25) is 9.97 Å². The molecular weight excluding hydrogens is 376 g/mol. The van der Waals surface area contributed by atoms with E-state index in [1.54, 1.807) is 18.5 Å². The summed E-state index contributed by atoms with van der Waals surface area (Å²) >= 11 is 5.87. The number of hydrogen-bond acceptors (Lipinski definition) is 6. The number of fused-ring (bicyclic) bond motifs is 1. The molecular formula is C20H19ClN6O. The van der Waals surface area contributed by atoms with Gasteiger partial charge in [0.05, 0.1) is 11.2 Å². The van der Waals surface area contributed by atoms with Crippen molar-refractivity contribution in [1.29, 1.82) is 0 Å². The lowest BCUT2D eigenvalue weighted by molar-refractivity contribution is 0.309. The summed E-state index contributed by atoms with van der Waals surface area (Å²) in [7, 11) is 0. The summed E-state index contributed by atoms with van der Waals surface area (Å²) in [4.78, 5) is 13.8. The van der Waals surface area contributed by atoms with Crippen LogP contribution < -0.4 is 0 Å². The van der Waals surface area contributed by atoms with Gasteiger partial charge in [0.2, 0.25) is 0 Å². The Bertz CT molecular complexity index is 1110. The first kappa shape index (κ1) is 17.3. The number of aromatic nitrogens is 6. The van der Waals surface area contributed by atoms with E-state index in [1.165, 1.54) is 19.3 Å². The zero-order valence-electron chi connectivity index (χ0n) is 15.3. The molecule has 0 amide bonds. The number of hydrogen-bond donors (Lipinski definition) is 0. The molecule has 0 aliphatic heterocycles. The smallest absolute Gasteiger partial charge is 0.172 e. The lowest BCUT2D eigenvalue weighted by Gasteiger charge is -2.23. The first-order chi connectivity index (χ1) is 13.8. The van der Waals surface area contributed by atoms with Crippen LogP contribution in [0, 0.1) is 5.92 Å². The first-order valence-electron chi connectivity index (χ1n) is 9.52. The van der Waals surface area contributed by atoms with Gasteiger partial charge in [-0.2, -0.15) is 5.10 Å². The van der Waals surface area contributed by atoms with Gasteiger partial charge in [0, 0.05) is 37.7 Å². The highest BCUT2D eigenvalue weighted by atomic mass is 35.5. The lowest BCUT2D eigenvalue weighted by Crippen LogP contribution is -2.14. The van der Waals surface area contributed by atoms with Gasteiger partial charge >= 0.3 is 0 Å². The third-order valence-electron chi connectivity index (χ3n) is 5.24. The van der Waals surface area contributed by atoms with Crippen LogP contribution in [0.4, 0.5) is 0 Å². The maximum Gasteiger partial charge on any atom is 0.172 e. The Hall–Kier alpha value is -2.80. The molecule has 28 heavy (non-hydrogen) atoms. The molecule has 8 heteroatoms. The molecule has 5 rings (SSSR count). The van der Waals surface area contributed by atoms with Crippen molar-refractivity contribution in [2.24, 2.45) is 5.92 Å². The van der Waals surface area contributed by atoms with Gasteiger partial charge in [0.15, 0.2) is 11.0 Å². The van der Waals surface area contributed by atoms with Gasteiger partial charge in [-0.1, -0.05) is 36.0 Å². The molecule has 1 aliphatic carbocycles. The molecule has 7 nitrogen and oxygen atoms in total. The molecule has 0 spiro atoms. The number of rotatable bonds is 6. The summed E-state index contributed by atoms with van der Waals surface area (Å²) in [5, 5.41) is 8.95. The largest absolute Gasteiger partial charge is 0.360 e. The molecule has 0 radical (unpaired) electrons. The summed E-state index contributed by atoms with van der Waals surface area (Å²) in [6.07, 6.45) is 9.63. The van der Waals surface area contributed by atoms with E-state index in [2.05, 4.69) is 15.1 Å². The Balaban J connectivity index is 1.52.